The number of alkyl halides is 3. The summed E-state index contributed by atoms with van der Waals surface area (Å²) in [5.41, 5.74) is -0.557. The minimum atomic E-state index is -4.47. The molecule has 1 N–H and O–H groups in total. The van der Waals surface area contributed by atoms with Gasteiger partial charge in [-0.25, -0.2) is 0 Å². The number of aliphatic hydroxyl groups is 1. The minimum absolute atomic E-state index is 0.124. The van der Waals surface area contributed by atoms with Crippen molar-refractivity contribution in [1.29, 1.82) is 0 Å². The van der Waals surface area contributed by atoms with Crippen LogP contribution in [0, 0.1) is 0 Å². The average Bonchev–Trinajstić information content (AvgIpc) is 2.66. The summed E-state index contributed by atoms with van der Waals surface area (Å²) in [4.78, 5) is 0. The van der Waals surface area contributed by atoms with Crippen molar-refractivity contribution in [3.05, 3.63) is 29.3 Å². The molecule has 1 fully saturated rings. The Labute approximate surface area is 116 Å². The molecular weight excluding hydrogens is 269 g/mol. The molecule has 20 heavy (non-hydrogen) atoms. The van der Waals surface area contributed by atoms with Crippen molar-refractivity contribution >= 4 is 0 Å². The van der Waals surface area contributed by atoms with Gasteiger partial charge >= 0.3 is 6.18 Å². The van der Waals surface area contributed by atoms with Crippen molar-refractivity contribution in [2.75, 3.05) is 0 Å². The Bertz CT molecular complexity index is 435. The Hall–Kier alpha value is -1.23. The van der Waals surface area contributed by atoms with Crippen LogP contribution in [-0.4, -0.2) is 11.2 Å². The Morgan fingerprint density at radius 1 is 1.10 bits per heavy atom. The molecule has 5 heteroatoms. The van der Waals surface area contributed by atoms with Gasteiger partial charge in [0.1, 0.15) is 5.75 Å². The van der Waals surface area contributed by atoms with Crippen LogP contribution in [0.3, 0.4) is 0 Å². The van der Waals surface area contributed by atoms with Gasteiger partial charge in [0.15, 0.2) is 0 Å². The zero-order chi connectivity index (χ0) is 14.6. The van der Waals surface area contributed by atoms with Crippen LogP contribution in [0.5, 0.6) is 5.75 Å². The van der Waals surface area contributed by atoms with Gasteiger partial charge in [0.2, 0.25) is 0 Å². The summed E-state index contributed by atoms with van der Waals surface area (Å²) in [5, 5.41) is 8.97. The third kappa shape index (κ3) is 3.88. The van der Waals surface area contributed by atoms with E-state index in [0.717, 1.165) is 44.6 Å². The van der Waals surface area contributed by atoms with Gasteiger partial charge in [-0.1, -0.05) is 18.9 Å². The molecule has 112 valence electrons. The Kier molecular flexibility index (Phi) is 4.91. The van der Waals surface area contributed by atoms with Crippen LogP contribution in [0.1, 0.15) is 49.7 Å². The van der Waals surface area contributed by atoms with Gasteiger partial charge in [-0.15, -0.1) is 0 Å². The van der Waals surface area contributed by atoms with E-state index in [0.29, 0.717) is 0 Å². The fourth-order valence-electron chi connectivity index (χ4n) is 2.54. The Morgan fingerprint density at radius 2 is 1.75 bits per heavy atom. The number of rotatable bonds is 3. The van der Waals surface area contributed by atoms with Crippen LogP contribution in [-0.2, 0) is 12.8 Å². The SMILES string of the molecule is OCc1ccc(OC2CCCCCC2)c(C(F)(F)F)c1. The highest BCUT2D eigenvalue weighted by molar-refractivity contribution is 5.39. The third-order valence-electron chi connectivity index (χ3n) is 3.63. The topological polar surface area (TPSA) is 29.5 Å². The molecule has 0 unspecified atom stereocenters. The molecule has 0 radical (unpaired) electrons. The molecular formula is C15H19F3O2. The quantitative estimate of drug-likeness (QED) is 0.840. The fourth-order valence-corrected chi connectivity index (χ4v) is 2.54. The molecule has 0 saturated heterocycles. The molecule has 0 aromatic heterocycles. The van der Waals surface area contributed by atoms with Crippen LogP contribution < -0.4 is 4.74 Å². The molecule has 1 aromatic rings. The summed E-state index contributed by atoms with van der Waals surface area (Å²) < 4.78 is 44.7. The van der Waals surface area contributed by atoms with Crippen LogP contribution >= 0.6 is 0 Å². The van der Waals surface area contributed by atoms with Gasteiger partial charge < -0.3 is 9.84 Å². The van der Waals surface area contributed by atoms with Gasteiger partial charge in [-0.05, 0) is 43.4 Å². The average molecular weight is 288 g/mol. The van der Waals surface area contributed by atoms with Gasteiger partial charge in [0, 0.05) is 0 Å². The van der Waals surface area contributed by atoms with Gasteiger partial charge in [0.05, 0.1) is 18.3 Å². The van der Waals surface area contributed by atoms with E-state index in [2.05, 4.69) is 0 Å². The largest absolute Gasteiger partial charge is 0.490 e. The molecule has 0 amide bonds. The van der Waals surface area contributed by atoms with Crippen molar-refractivity contribution in [1.82, 2.24) is 0 Å². The van der Waals surface area contributed by atoms with Crippen molar-refractivity contribution in [3.63, 3.8) is 0 Å². The highest BCUT2D eigenvalue weighted by Gasteiger charge is 2.35. The normalized spacial score (nSPS) is 17.8. The number of halogens is 3. The van der Waals surface area contributed by atoms with E-state index in [4.69, 9.17) is 9.84 Å². The number of hydrogen-bond acceptors (Lipinski definition) is 2. The van der Waals surface area contributed by atoms with Crippen LogP contribution in [0.2, 0.25) is 0 Å². The molecule has 1 saturated carbocycles. The van der Waals surface area contributed by atoms with E-state index in [1.165, 1.54) is 12.1 Å². The molecule has 2 nitrogen and oxygen atoms in total. The molecule has 1 aromatic carbocycles. The minimum Gasteiger partial charge on any atom is -0.490 e. The van der Waals surface area contributed by atoms with Crippen LogP contribution in [0.25, 0.3) is 0 Å². The van der Waals surface area contributed by atoms with E-state index >= 15 is 0 Å². The number of aliphatic hydroxyl groups excluding tert-OH is 1. The van der Waals surface area contributed by atoms with E-state index in [1.807, 2.05) is 0 Å². The monoisotopic (exact) mass is 288 g/mol. The van der Waals surface area contributed by atoms with Crippen molar-refractivity contribution in [2.45, 2.75) is 57.4 Å². The molecule has 0 atom stereocenters. The number of ether oxygens (including phenoxy) is 1. The van der Waals surface area contributed by atoms with Gasteiger partial charge in [0.25, 0.3) is 0 Å². The molecule has 0 bridgehead atoms. The highest BCUT2D eigenvalue weighted by Crippen LogP contribution is 2.38. The zero-order valence-electron chi connectivity index (χ0n) is 11.2. The first-order valence-corrected chi connectivity index (χ1v) is 6.98. The summed E-state index contributed by atoms with van der Waals surface area (Å²) in [7, 11) is 0. The van der Waals surface area contributed by atoms with E-state index in [-0.39, 0.29) is 17.4 Å². The van der Waals surface area contributed by atoms with Crippen molar-refractivity contribution < 1.29 is 23.0 Å². The summed E-state index contributed by atoms with van der Waals surface area (Å²) in [6, 6.07) is 3.76. The lowest BCUT2D eigenvalue weighted by Crippen LogP contribution is -2.18. The highest BCUT2D eigenvalue weighted by atomic mass is 19.4. The first-order chi connectivity index (χ1) is 9.50. The second kappa shape index (κ2) is 6.48. The van der Waals surface area contributed by atoms with Crippen LogP contribution in [0.4, 0.5) is 13.2 Å². The van der Waals surface area contributed by atoms with E-state index in [1.54, 1.807) is 0 Å². The summed E-state index contributed by atoms with van der Waals surface area (Å²) in [6.07, 6.45) is 1.24. The smallest absolute Gasteiger partial charge is 0.419 e. The molecule has 0 spiro atoms. The molecule has 1 aliphatic rings. The first kappa shape index (κ1) is 15.2. The molecule has 0 aliphatic heterocycles. The maximum absolute atomic E-state index is 13.0. The lowest BCUT2D eigenvalue weighted by atomic mass is 10.1. The zero-order valence-corrected chi connectivity index (χ0v) is 11.2. The number of hydrogen-bond donors (Lipinski definition) is 1. The fraction of sp³-hybridized carbons (Fsp3) is 0.600. The first-order valence-electron chi connectivity index (χ1n) is 6.98. The van der Waals surface area contributed by atoms with E-state index < -0.39 is 18.3 Å². The summed E-state index contributed by atoms with van der Waals surface area (Å²) in [5.74, 6) is -0.124. The molecule has 1 aliphatic carbocycles. The predicted molar refractivity (Wildman–Crippen MR) is 69.5 cm³/mol. The Morgan fingerprint density at radius 3 is 2.30 bits per heavy atom. The number of benzene rings is 1. The lowest BCUT2D eigenvalue weighted by molar-refractivity contribution is -0.139. The second-order valence-electron chi connectivity index (χ2n) is 5.22. The van der Waals surface area contributed by atoms with Crippen LogP contribution in [0.15, 0.2) is 18.2 Å². The lowest BCUT2D eigenvalue weighted by Gasteiger charge is -2.21. The summed E-state index contributed by atoms with van der Waals surface area (Å²) >= 11 is 0. The maximum atomic E-state index is 13.0. The second-order valence-corrected chi connectivity index (χ2v) is 5.22. The van der Waals surface area contributed by atoms with Gasteiger partial charge in [-0.3, -0.25) is 0 Å². The van der Waals surface area contributed by atoms with Crippen molar-refractivity contribution in [3.8, 4) is 5.75 Å². The molecule has 0 heterocycles. The van der Waals surface area contributed by atoms with E-state index in [9.17, 15) is 13.2 Å². The van der Waals surface area contributed by atoms with Gasteiger partial charge in [-0.2, -0.15) is 13.2 Å². The maximum Gasteiger partial charge on any atom is 0.419 e. The predicted octanol–water partition coefficient (Wildman–Crippen LogP) is 4.30. The Balaban J connectivity index is 2.21. The molecule has 2 rings (SSSR count). The standard InChI is InChI=1S/C15H19F3O2/c16-15(17,18)13-9-11(10-19)7-8-14(13)20-12-5-3-1-2-4-6-12/h7-9,12,19H,1-6,10H2. The summed E-state index contributed by atoms with van der Waals surface area (Å²) in [6.45, 7) is -0.410. The van der Waals surface area contributed by atoms with Crippen molar-refractivity contribution in [2.24, 2.45) is 0 Å². The third-order valence-corrected chi connectivity index (χ3v) is 3.63.